The van der Waals surface area contributed by atoms with E-state index in [1.807, 2.05) is 13.2 Å². The standard InChI is InChI=1S/C12H29N3O2S2/c1-5-7-13-8-6-9-15(3)19(16,17)14-10-12(2)11-18-4/h12-14H,5-11H2,1-4H3. The summed E-state index contributed by atoms with van der Waals surface area (Å²) in [5.74, 6) is 1.32. The van der Waals surface area contributed by atoms with Crippen LogP contribution in [0.5, 0.6) is 0 Å². The summed E-state index contributed by atoms with van der Waals surface area (Å²) in [5.41, 5.74) is 0. The molecule has 2 N–H and O–H groups in total. The van der Waals surface area contributed by atoms with E-state index in [9.17, 15) is 8.42 Å². The fraction of sp³-hybridized carbons (Fsp3) is 1.00. The summed E-state index contributed by atoms with van der Waals surface area (Å²) in [6.07, 6.45) is 3.96. The molecule has 0 aliphatic rings. The first-order valence-corrected chi connectivity index (χ1v) is 9.68. The minimum atomic E-state index is -3.32. The highest BCUT2D eigenvalue weighted by molar-refractivity contribution is 7.98. The Balaban J connectivity index is 3.90. The second-order valence-corrected chi connectivity index (χ2v) is 7.61. The Morgan fingerprint density at radius 2 is 2.00 bits per heavy atom. The van der Waals surface area contributed by atoms with Crippen LogP contribution < -0.4 is 10.0 Å². The average molecular weight is 312 g/mol. The maximum absolute atomic E-state index is 11.9. The highest BCUT2D eigenvalue weighted by Crippen LogP contribution is 2.04. The highest BCUT2D eigenvalue weighted by atomic mass is 32.2. The van der Waals surface area contributed by atoms with E-state index in [0.29, 0.717) is 19.0 Å². The van der Waals surface area contributed by atoms with Crippen molar-refractivity contribution in [2.45, 2.75) is 26.7 Å². The SMILES string of the molecule is CCCNCCCN(C)S(=O)(=O)NCC(C)CSC. The lowest BCUT2D eigenvalue weighted by Gasteiger charge is -2.19. The van der Waals surface area contributed by atoms with Gasteiger partial charge in [-0.25, -0.2) is 4.72 Å². The molecule has 19 heavy (non-hydrogen) atoms. The second-order valence-electron chi connectivity index (χ2n) is 4.84. The first-order chi connectivity index (χ1) is 8.94. The molecular formula is C12H29N3O2S2. The van der Waals surface area contributed by atoms with E-state index in [1.165, 1.54) is 4.31 Å². The van der Waals surface area contributed by atoms with Crippen molar-refractivity contribution in [3.63, 3.8) is 0 Å². The lowest BCUT2D eigenvalue weighted by molar-refractivity contribution is 0.440. The molecule has 0 spiro atoms. The normalized spacial score (nSPS) is 13.9. The van der Waals surface area contributed by atoms with Crippen LogP contribution in [0, 0.1) is 5.92 Å². The summed E-state index contributed by atoms with van der Waals surface area (Å²) >= 11 is 1.73. The van der Waals surface area contributed by atoms with Crippen molar-refractivity contribution < 1.29 is 8.42 Å². The number of hydrogen-bond donors (Lipinski definition) is 2. The van der Waals surface area contributed by atoms with Crippen LogP contribution in [-0.4, -0.2) is 58.0 Å². The Bertz CT molecular complexity index is 310. The van der Waals surface area contributed by atoms with Gasteiger partial charge in [0, 0.05) is 20.1 Å². The van der Waals surface area contributed by atoms with Crippen LogP contribution in [0.4, 0.5) is 0 Å². The van der Waals surface area contributed by atoms with E-state index in [0.717, 1.165) is 31.7 Å². The molecule has 1 atom stereocenters. The molecule has 0 amide bonds. The van der Waals surface area contributed by atoms with Crippen molar-refractivity contribution in [3.8, 4) is 0 Å². The molecule has 116 valence electrons. The Labute approximate surface area is 123 Å². The number of rotatable bonds is 12. The van der Waals surface area contributed by atoms with Gasteiger partial charge in [-0.2, -0.15) is 24.5 Å². The zero-order valence-electron chi connectivity index (χ0n) is 12.6. The third-order valence-electron chi connectivity index (χ3n) is 2.73. The van der Waals surface area contributed by atoms with Gasteiger partial charge in [0.25, 0.3) is 10.2 Å². The Morgan fingerprint density at radius 3 is 2.58 bits per heavy atom. The predicted molar refractivity (Wildman–Crippen MR) is 84.9 cm³/mol. The number of hydrogen-bond acceptors (Lipinski definition) is 4. The monoisotopic (exact) mass is 311 g/mol. The smallest absolute Gasteiger partial charge is 0.279 e. The van der Waals surface area contributed by atoms with Crippen LogP contribution in [0.25, 0.3) is 0 Å². The molecule has 5 nitrogen and oxygen atoms in total. The maximum Gasteiger partial charge on any atom is 0.279 e. The molecule has 1 unspecified atom stereocenters. The van der Waals surface area contributed by atoms with E-state index in [1.54, 1.807) is 18.8 Å². The maximum atomic E-state index is 11.9. The third kappa shape index (κ3) is 9.67. The third-order valence-corrected chi connectivity index (χ3v) is 5.17. The molecule has 0 aliphatic heterocycles. The molecule has 0 radical (unpaired) electrons. The van der Waals surface area contributed by atoms with Crippen LogP contribution in [0.2, 0.25) is 0 Å². The number of nitrogens with zero attached hydrogens (tertiary/aromatic N) is 1. The molecule has 0 aliphatic carbocycles. The summed E-state index contributed by atoms with van der Waals surface area (Å²) in [6.45, 7) is 7.05. The predicted octanol–water partition coefficient (Wildman–Crippen LogP) is 1.14. The van der Waals surface area contributed by atoms with Gasteiger partial charge in [0.05, 0.1) is 0 Å². The van der Waals surface area contributed by atoms with Crippen LogP contribution in [0.15, 0.2) is 0 Å². The average Bonchev–Trinajstić information content (AvgIpc) is 2.36. The summed E-state index contributed by atoms with van der Waals surface area (Å²) in [4.78, 5) is 0. The summed E-state index contributed by atoms with van der Waals surface area (Å²) in [5, 5.41) is 3.26. The first kappa shape index (κ1) is 19.2. The first-order valence-electron chi connectivity index (χ1n) is 6.84. The zero-order valence-corrected chi connectivity index (χ0v) is 14.2. The summed E-state index contributed by atoms with van der Waals surface area (Å²) in [6, 6.07) is 0. The van der Waals surface area contributed by atoms with Crippen molar-refractivity contribution in [3.05, 3.63) is 0 Å². The second kappa shape index (κ2) is 10.9. The van der Waals surface area contributed by atoms with E-state index in [2.05, 4.69) is 17.0 Å². The molecule has 0 bridgehead atoms. The van der Waals surface area contributed by atoms with Gasteiger partial charge < -0.3 is 5.32 Å². The number of thioether (sulfide) groups is 1. The fourth-order valence-electron chi connectivity index (χ4n) is 1.55. The minimum Gasteiger partial charge on any atom is -0.317 e. The Hall–Kier alpha value is 0.180. The molecule has 0 saturated heterocycles. The van der Waals surface area contributed by atoms with Gasteiger partial charge in [-0.1, -0.05) is 13.8 Å². The van der Waals surface area contributed by atoms with Crippen LogP contribution in [0.3, 0.4) is 0 Å². The lowest BCUT2D eigenvalue weighted by atomic mass is 10.2. The van der Waals surface area contributed by atoms with Crippen molar-refractivity contribution in [2.75, 3.05) is 45.2 Å². The van der Waals surface area contributed by atoms with Gasteiger partial charge in [-0.05, 0) is 43.9 Å². The summed E-state index contributed by atoms with van der Waals surface area (Å²) < 4.78 is 27.9. The van der Waals surface area contributed by atoms with E-state index in [-0.39, 0.29) is 0 Å². The van der Waals surface area contributed by atoms with E-state index >= 15 is 0 Å². The van der Waals surface area contributed by atoms with Gasteiger partial charge >= 0.3 is 0 Å². The Morgan fingerprint density at radius 1 is 1.32 bits per heavy atom. The van der Waals surface area contributed by atoms with Gasteiger partial charge in [-0.15, -0.1) is 0 Å². The molecule has 0 heterocycles. The van der Waals surface area contributed by atoms with Crippen molar-refractivity contribution in [1.29, 1.82) is 0 Å². The van der Waals surface area contributed by atoms with E-state index in [4.69, 9.17) is 0 Å². The quantitative estimate of drug-likeness (QED) is 0.531. The lowest BCUT2D eigenvalue weighted by Crippen LogP contribution is -2.41. The van der Waals surface area contributed by atoms with Crippen molar-refractivity contribution in [1.82, 2.24) is 14.3 Å². The van der Waals surface area contributed by atoms with Crippen LogP contribution >= 0.6 is 11.8 Å². The van der Waals surface area contributed by atoms with Crippen molar-refractivity contribution >= 4 is 22.0 Å². The fourth-order valence-corrected chi connectivity index (χ4v) is 3.32. The van der Waals surface area contributed by atoms with Gasteiger partial charge in [0.1, 0.15) is 0 Å². The summed E-state index contributed by atoms with van der Waals surface area (Å²) in [7, 11) is -1.69. The molecule has 0 fully saturated rings. The molecule has 0 aromatic heterocycles. The minimum absolute atomic E-state index is 0.351. The van der Waals surface area contributed by atoms with Crippen LogP contribution in [0.1, 0.15) is 26.7 Å². The molecule has 7 heteroatoms. The topological polar surface area (TPSA) is 61.4 Å². The molecule has 0 rings (SSSR count). The molecule has 0 aromatic rings. The molecule has 0 saturated carbocycles. The number of nitrogens with one attached hydrogen (secondary N) is 2. The Kier molecular flexibility index (Phi) is 11.0. The largest absolute Gasteiger partial charge is 0.317 e. The molecule has 0 aromatic carbocycles. The van der Waals surface area contributed by atoms with E-state index < -0.39 is 10.2 Å². The molecular weight excluding hydrogens is 282 g/mol. The van der Waals surface area contributed by atoms with Crippen LogP contribution in [-0.2, 0) is 10.2 Å². The zero-order chi connectivity index (χ0) is 14.7. The van der Waals surface area contributed by atoms with Crippen molar-refractivity contribution in [2.24, 2.45) is 5.92 Å². The van der Waals surface area contributed by atoms with Gasteiger partial charge in [0.15, 0.2) is 0 Å². The highest BCUT2D eigenvalue weighted by Gasteiger charge is 2.17. The van der Waals surface area contributed by atoms with Gasteiger partial charge in [0.2, 0.25) is 0 Å². The van der Waals surface area contributed by atoms with Gasteiger partial charge in [-0.3, -0.25) is 0 Å².